The van der Waals surface area contributed by atoms with E-state index in [1.807, 2.05) is 0 Å². The number of aliphatic hydroxyl groups excluding tert-OH is 1. The van der Waals surface area contributed by atoms with Crippen molar-refractivity contribution < 1.29 is 5.11 Å². The lowest BCUT2D eigenvalue weighted by molar-refractivity contribution is 0.251. The minimum Gasteiger partial charge on any atom is -0.395 e. The SMILES string of the molecule is CCc1ccc2c(c1)C(C(N)CO)CN2C. The Bertz CT molecular complexity index is 378. The van der Waals surface area contributed by atoms with Gasteiger partial charge in [0, 0.05) is 31.2 Å². The van der Waals surface area contributed by atoms with E-state index in [1.165, 1.54) is 16.8 Å². The molecule has 0 spiro atoms. The fraction of sp³-hybridized carbons (Fsp3) is 0.538. The number of likely N-dealkylation sites (N-methyl/N-ethyl adjacent to an activating group) is 1. The molecule has 1 aliphatic heterocycles. The van der Waals surface area contributed by atoms with Crippen LogP contribution in [0.3, 0.4) is 0 Å². The lowest BCUT2D eigenvalue weighted by atomic mass is 9.93. The number of hydrogen-bond acceptors (Lipinski definition) is 3. The molecule has 0 saturated heterocycles. The van der Waals surface area contributed by atoms with Crippen LogP contribution in [-0.4, -0.2) is 31.3 Å². The van der Waals surface area contributed by atoms with Gasteiger partial charge >= 0.3 is 0 Å². The highest BCUT2D eigenvalue weighted by Crippen LogP contribution is 2.37. The van der Waals surface area contributed by atoms with Crippen LogP contribution in [0, 0.1) is 0 Å². The molecular formula is C13H20N2O. The number of nitrogens with zero attached hydrogens (tertiary/aromatic N) is 1. The van der Waals surface area contributed by atoms with E-state index < -0.39 is 0 Å². The number of fused-ring (bicyclic) bond motifs is 1. The Morgan fingerprint density at radius 1 is 1.56 bits per heavy atom. The van der Waals surface area contributed by atoms with Crippen LogP contribution in [0.25, 0.3) is 0 Å². The summed E-state index contributed by atoms with van der Waals surface area (Å²) >= 11 is 0. The maximum atomic E-state index is 9.19. The van der Waals surface area contributed by atoms with Gasteiger partial charge < -0.3 is 15.7 Å². The van der Waals surface area contributed by atoms with Crippen LogP contribution in [0.1, 0.15) is 24.0 Å². The van der Waals surface area contributed by atoms with E-state index in [4.69, 9.17) is 5.73 Å². The van der Waals surface area contributed by atoms with E-state index in [-0.39, 0.29) is 18.6 Å². The summed E-state index contributed by atoms with van der Waals surface area (Å²) in [6, 6.07) is 6.41. The predicted molar refractivity (Wildman–Crippen MR) is 66.9 cm³/mol. The topological polar surface area (TPSA) is 49.5 Å². The molecule has 2 unspecified atom stereocenters. The van der Waals surface area contributed by atoms with E-state index in [9.17, 15) is 5.11 Å². The highest BCUT2D eigenvalue weighted by atomic mass is 16.3. The molecule has 0 radical (unpaired) electrons. The second kappa shape index (κ2) is 4.44. The summed E-state index contributed by atoms with van der Waals surface area (Å²) in [4.78, 5) is 2.22. The molecule has 3 heteroatoms. The Kier molecular flexibility index (Phi) is 3.17. The molecule has 1 aromatic rings. The smallest absolute Gasteiger partial charge is 0.0589 e. The maximum absolute atomic E-state index is 9.19. The largest absolute Gasteiger partial charge is 0.395 e. The first-order chi connectivity index (χ1) is 7.67. The molecule has 1 aliphatic rings. The molecule has 0 bridgehead atoms. The van der Waals surface area contributed by atoms with Crippen molar-refractivity contribution in [3.63, 3.8) is 0 Å². The van der Waals surface area contributed by atoms with Gasteiger partial charge in [0.2, 0.25) is 0 Å². The monoisotopic (exact) mass is 220 g/mol. The minimum atomic E-state index is -0.157. The molecule has 0 aromatic heterocycles. The van der Waals surface area contributed by atoms with Gasteiger partial charge in [0.15, 0.2) is 0 Å². The highest BCUT2D eigenvalue weighted by Gasteiger charge is 2.30. The van der Waals surface area contributed by atoms with Gasteiger partial charge in [-0.15, -0.1) is 0 Å². The number of benzene rings is 1. The Morgan fingerprint density at radius 3 is 2.94 bits per heavy atom. The second-order valence-corrected chi connectivity index (χ2v) is 4.58. The molecule has 16 heavy (non-hydrogen) atoms. The van der Waals surface area contributed by atoms with Crippen molar-refractivity contribution >= 4 is 5.69 Å². The van der Waals surface area contributed by atoms with Gasteiger partial charge in [-0.2, -0.15) is 0 Å². The van der Waals surface area contributed by atoms with Crippen molar-refractivity contribution in [2.75, 3.05) is 25.1 Å². The van der Waals surface area contributed by atoms with Crippen molar-refractivity contribution in [1.29, 1.82) is 0 Å². The van der Waals surface area contributed by atoms with Gasteiger partial charge in [0.25, 0.3) is 0 Å². The van der Waals surface area contributed by atoms with Crippen molar-refractivity contribution in [2.45, 2.75) is 25.3 Å². The van der Waals surface area contributed by atoms with E-state index in [0.717, 1.165) is 13.0 Å². The summed E-state index contributed by atoms with van der Waals surface area (Å²) in [5.41, 5.74) is 9.86. The summed E-state index contributed by atoms with van der Waals surface area (Å²) < 4.78 is 0. The molecule has 88 valence electrons. The molecule has 1 aromatic carbocycles. The van der Waals surface area contributed by atoms with Gasteiger partial charge in [-0.05, 0) is 23.6 Å². The first-order valence-corrected chi connectivity index (χ1v) is 5.87. The zero-order valence-corrected chi connectivity index (χ0v) is 9.98. The van der Waals surface area contributed by atoms with Gasteiger partial charge in [0.1, 0.15) is 0 Å². The summed E-state index contributed by atoms with van der Waals surface area (Å²) in [5.74, 6) is 0.261. The second-order valence-electron chi connectivity index (χ2n) is 4.58. The molecule has 0 amide bonds. The quantitative estimate of drug-likeness (QED) is 0.802. The van der Waals surface area contributed by atoms with E-state index in [1.54, 1.807) is 0 Å². The fourth-order valence-electron chi connectivity index (χ4n) is 2.45. The Balaban J connectivity index is 2.38. The normalized spacial score (nSPS) is 21.0. The van der Waals surface area contributed by atoms with E-state index in [2.05, 4.69) is 37.1 Å². The molecule has 2 rings (SSSR count). The lowest BCUT2D eigenvalue weighted by Crippen LogP contribution is -2.34. The fourth-order valence-corrected chi connectivity index (χ4v) is 2.45. The minimum absolute atomic E-state index is 0.0499. The summed E-state index contributed by atoms with van der Waals surface area (Å²) in [6.45, 7) is 3.11. The van der Waals surface area contributed by atoms with Crippen LogP contribution in [-0.2, 0) is 6.42 Å². The average Bonchev–Trinajstić information content (AvgIpc) is 2.65. The first-order valence-electron chi connectivity index (χ1n) is 5.87. The number of hydrogen-bond donors (Lipinski definition) is 2. The molecule has 0 aliphatic carbocycles. The van der Waals surface area contributed by atoms with E-state index >= 15 is 0 Å². The van der Waals surface area contributed by atoms with Crippen LogP contribution in [0.4, 0.5) is 5.69 Å². The molecule has 3 nitrogen and oxygen atoms in total. The molecular weight excluding hydrogens is 200 g/mol. The van der Waals surface area contributed by atoms with Gasteiger partial charge in [-0.3, -0.25) is 0 Å². The lowest BCUT2D eigenvalue weighted by Gasteiger charge is -2.17. The van der Waals surface area contributed by atoms with Crippen LogP contribution in [0.2, 0.25) is 0 Å². The van der Waals surface area contributed by atoms with Gasteiger partial charge in [-0.25, -0.2) is 0 Å². The molecule has 0 fully saturated rings. The van der Waals surface area contributed by atoms with Crippen LogP contribution < -0.4 is 10.6 Å². The number of anilines is 1. The first kappa shape index (κ1) is 11.4. The Morgan fingerprint density at radius 2 is 2.31 bits per heavy atom. The number of aliphatic hydroxyl groups is 1. The summed E-state index contributed by atoms with van der Waals surface area (Å²) in [7, 11) is 2.08. The third-order valence-corrected chi connectivity index (χ3v) is 3.51. The van der Waals surface area contributed by atoms with Crippen molar-refractivity contribution in [3.8, 4) is 0 Å². The van der Waals surface area contributed by atoms with Gasteiger partial charge in [0.05, 0.1) is 6.61 Å². The number of aryl methyl sites for hydroxylation is 1. The number of rotatable bonds is 3. The average molecular weight is 220 g/mol. The zero-order valence-electron chi connectivity index (χ0n) is 9.98. The number of nitrogens with two attached hydrogens (primary N) is 1. The summed E-state index contributed by atoms with van der Waals surface area (Å²) in [6.07, 6.45) is 1.04. The molecule has 3 N–H and O–H groups in total. The maximum Gasteiger partial charge on any atom is 0.0589 e. The third kappa shape index (κ3) is 1.81. The molecule has 1 heterocycles. The third-order valence-electron chi connectivity index (χ3n) is 3.51. The summed E-state index contributed by atoms with van der Waals surface area (Å²) in [5, 5.41) is 9.19. The zero-order chi connectivity index (χ0) is 11.7. The predicted octanol–water partition coefficient (Wildman–Crippen LogP) is 1.10. The van der Waals surface area contributed by atoms with Gasteiger partial charge in [-0.1, -0.05) is 19.1 Å². The Labute approximate surface area is 96.9 Å². The van der Waals surface area contributed by atoms with Crippen LogP contribution in [0.5, 0.6) is 0 Å². The van der Waals surface area contributed by atoms with Crippen molar-refractivity contribution in [3.05, 3.63) is 29.3 Å². The van der Waals surface area contributed by atoms with Crippen molar-refractivity contribution in [2.24, 2.45) is 5.73 Å². The molecule has 2 atom stereocenters. The Hall–Kier alpha value is -1.06. The van der Waals surface area contributed by atoms with Crippen LogP contribution >= 0.6 is 0 Å². The molecule has 0 saturated carbocycles. The standard InChI is InChI=1S/C13H20N2O/c1-3-9-4-5-13-10(6-9)11(7-15(13)2)12(14)8-16/h4-6,11-12,16H,3,7-8,14H2,1-2H3. The van der Waals surface area contributed by atoms with Crippen LogP contribution in [0.15, 0.2) is 18.2 Å². The van der Waals surface area contributed by atoms with Crippen molar-refractivity contribution in [1.82, 2.24) is 0 Å². The highest BCUT2D eigenvalue weighted by molar-refractivity contribution is 5.61. The van der Waals surface area contributed by atoms with E-state index in [0.29, 0.717) is 0 Å².